The van der Waals surface area contributed by atoms with E-state index in [1.807, 2.05) is 0 Å². The molecular formula is C31H34Cl2N2O7. The van der Waals surface area contributed by atoms with Crippen molar-refractivity contribution in [1.82, 2.24) is 10.2 Å². The van der Waals surface area contributed by atoms with Crippen molar-refractivity contribution < 1.29 is 34.1 Å². The molecule has 42 heavy (non-hydrogen) atoms. The number of aldehydes is 1. The van der Waals surface area contributed by atoms with Crippen LogP contribution in [0.5, 0.6) is 11.5 Å². The van der Waals surface area contributed by atoms with E-state index < -0.39 is 30.1 Å². The van der Waals surface area contributed by atoms with Crippen molar-refractivity contribution in [3.05, 3.63) is 68.7 Å². The first-order valence-electron chi connectivity index (χ1n) is 14.1. The maximum atomic E-state index is 14.0. The Hall–Kier alpha value is -3.11. The minimum absolute atomic E-state index is 0.0108. The van der Waals surface area contributed by atoms with Crippen LogP contribution in [-0.4, -0.2) is 71.7 Å². The summed E-state index contributed by atoms with van der Waals surface area (Å²) in [5.74, 6) is -0.532. The molecule has 9 nitrogen and oxygen atoms in total. The highest BCUT2D eigenvalue weighted by molar-refractivity contribution is 6.35. The minimum atomic E-state index is -1.24. The maximum absolute atomic E-state index is 14.0. The van der Waals surface area contributed by atoms with Crippen LogP contribution in [-0.2, 0) is 16.1 Å². The normalized spacial score (nSPS) is 22.9. The Kier molecular flexibility index (Phi) is 9.42. The van der Waals surface area contributed by atoms with Crippen LogP contribution in [0.25, 0.3) is 0 Å². The largest absolute Gasteiger partial charge is 0.493 e. The number of benzene rings is 2. The molecule has 2 aromatic rings. The number of ether oxygens (including phenoxy) is 2. The third-order valence-corrected chi connectivity index (χ3v) is 8.97. The number of carbonyl (C=O) groups is 3. The Morgan fingerprint density at radius 1 is 1.19 bits per heavy atom. The minimum Gasteiger partial charge on any atom is -0.493 e. The average Bonchev–Trinajstić information content (AvgIpc) is 3.64. The molecule has 1 heterocycles. The van der Waals surface area contributed by atoms with Gasteiger partial charge in [-0.25, -0.2) is 0 Å². The van der Waals surface area contributed by atoms with Crippen LogP contribution in [0.1, 0.15) is 59.5 Å². The lowest BCUT2D eigenvalue weighted by atomic mass is 9.77. The zero-order chi connectivity index (χ0) is 30.0. The van der Waals surface area contributed by atoms with Gasteiger partial charge >= 0.3 is 0 Å². The standard InChI is InChI=1S/C31H34Cl2N2O7/c1-41-25-11-18(16-37)10-21-27-22(31(40)34-8-9-36)14-24(28(39)30(27)42-29(21)25)35(26(38)12-17-4-2-3-5-17)15-19-6-7-20(32)13-23(19)33/h6-7,10-11,13-14,16-17,24,27-28,30,36,39H,2-5,8-9,12,15H2,1H3,(H,34,40)/t24-,27+,28+,30+/m1/s1. The summed E-state index contributed by atoms with van der Waals surface area (Å²) >= 11 is 12.6. The number of carbonyl (C=O) groups excluding carboxylic acids is 3. The summed E-state index contributed by atoms with van der Waals surface area (Å²) in [6, 6.07) is 7.24. The fourth-order valence-corrected chi connectivity index (χ4v) is 6.80. The van der Waals surface area contributed by atoms with Gasteiger partial charge in [0.2, 0.25) is 11.8 Å². The molecule has 2 aliphatic carbocycles. The summed E-state index contributed by atoms with van der Waals surface area (Å²) in [5.41, 5.74) is 1.75. The van der Waals surface area contributed by atoms with E-state index in [4.69, 9.17) is 32.7 Å². The first-order valence-corrected chi connectivity index (χ1v) is 14.9. The Balaban J connectivity index is 1.59. The number of aliphatic hydroxyl groups is 2. The fourth-order valence-electron chi connectivity index (χ4n) is 6.33. The van der Waals surface area contributed by atoms with Gasteiger partial charge in [-0.1, -0.05) is 42.1 Å². The highest BCUT2D eigenvalue weighted by Gasteiger charge is 2.51. The monoisotopic (exact) mass is 616 g/mol. The predicted molar refractivity (Wildman–Crippen MR) is 157 cm³/mol. The van der Waals surface area contributed by atoms with Crippen LogP contribution in [0.3, 0.4) is 0 Å². The second-order valence-corrected chi connectivity index (χ2v) is 11.9. The molecule has 0 bridgehead atoms. The predicted octanol–water partition coefficient (Wildman–Crippen LogP) is 4.05. The number of halogens is 2. The molecule has 11 heteroatoms. The highest BCUT2D eigenvalue weighted by Crippen LogP contribution is 2.51. The van der Waals surface area contributed by atoms with E-state index in [9.17, 15) is 24.6 Å². The summed E-state index contributed by atoms with van der Waals surface area (Å²) in [7, 11) is 1.44. The van der Waals surface area contributed by atoms with Gasteiger partial charge in [0.15, 0.2) is 11.5 Å². The van der Waals surface area contributed by atoms with Gasteiger partial charge in [0.05, 0.1) is 25.7 Å². The number of nitrogens with zero attached hydrogens (tertiary/aromatic N) is 1. The number of amides is 2. The summed E-state index contributed by atoms with van der Waals surface area (Å²) in [4.78, 5) is 40.7. The lowest BCUT2D eigenvalue weighted by Crippen LogP contribution is -2.55. The van der Waals surface area contributed by atoms with Crippen molar-refractivity contribution in [3.8, 4) is 11.5 Å². The van der Waals surface area contributed by atoms with Gasteiger partial charge in [-0.3, -0.25) is 14.4 Å². The van der Waals surface area contributed by atoms with Crippen molar-refractivity contribution in [1.29, 1.82) is 0 Å². The molecule has 4 atom stereocenters. The van der Waals surface area contributed by atoms with Gasteiger partial charge in [0.1, 0.15) is 18.5 Å². The van der Waals surface area contributed by atoms with Crippen LogP contribution < -0.4 is 14.8 Å². The van der Waals surface area contributed by atoms with Crippen molar-refractivity contribution in [2.45, 2.75) is 62.8 Å². The van der Waals surface area contributed by atoms with E-state index in [1.165, 1.54) is 13.2 Å². The third kappa shape index (κ3) is 6.01. The summed E-state index contributed by atoms with van der Waals surface area (Å²) in [5, 5.41) is 24.7. The molecule has 0 radical (unpaired) electrons. The van der Waals surface area contributed by atoms with E-state index >= 15 is 0 Å². The number of nitrogens with one attached hydrogen (secondary N) is 1. The molecule has 224 valence electrons. The number of hydrogen-bond acceptors (Lipinski definition) is 7. The second-order valence-electron chi connectivity index (χ2n) is 11.0. The Bertz CT molecular complexity index is 1390. The first-order chi connectivity index (χ1) is 20.2. The molecule has 0 unspecified atom stereocenters. The van der Waals surface area contributed by atoms with Gasteiger partial charge < -0.3 is 29.9 Å². The highest BCUT2D eigenvalue weighted by atomic mass is 35.5. The van der Waals surface area contributed by atoms with E-state index in [0.717, 1.165) is 25.7 Å². The quantitative estimate of drug-likeness (QED) is 0.344. The van der Waals surface area contributed by atoms with E-state index in [0.29, 0.717) is 50.9 Å². The molecule has 0 aromatic heterocycles. The van der Waals surface area contributed by atoms with Gasteiger partial charge in [-0.2, -0.15) is 0 Å². The van der Waals surface area contributed by atoms with Crippen LogP contribution in [0.2, 0.25) is 10.0 Å². The van der Waals surface area contributed by atoms with E-state index in [1.54, 1.807) is 35.2 Å². The van der Waals surface area contributed by atoms with Crippen LogP contribution in [0.4, 0.5) is 0 Å². The van der Waals surface area contributed by atoms with Crippen molar-refractivity contribution in [2.24, 2.45) is 5.92 Å². The number of aliphatic hydroxyl groups excluding tert-OH is 2. The topological polar surface area (TPSA) is 125 Å². The Morgan fingerprint density at radius 2 is 1.95 bits per heavy atom. The van der Waals surface area contributed by atoms with E-state index in [-0.39, 0.29) is 37.1 Å². The maximum Gasteiger partial charge on any atom is 0.247 e. The lowest BCUT2D eigenvalue weighted by Gasteiger charge is -2.41. The molecule has 3 N–H and O–H groups in total. The number of fused-ring (bicyclic) bond motifs is 3. The molecule has 2 aromatic carbocycles. The van der Waals surface area contributed by atoms with E-state index in [2.05, 4.69) is 5.32 Å². The molecule has 5 rings (SSSR count). The number of hydrogen-bond donors (Lipinski definition) is 3. The Labute approximate surface area is 254 Å². The van der Waals surface area contributed by atoms with Crippen molar-refractivity contribution in [2.75, 3.05) is 20.3 Å². The molecule has 1 saturated carbocycles. The summed E-state index contributed by atoms with van der Waals surface area (Å²) in [6.45, 7) is -0.179. The van der Waals surface area contributed by atoms with Gasteiger partial charge in [0.25, 0.3) is 0 Å². The summed E-state index contributed by atoms with van der Waals surface area (Å²) in [6.07, 6.45) is 4.45. The third-order valence-electron chi connectivity index (χ3n) is 8.38. The molecule has 3 aliphatic rings. The number of methoxy groups -OCH3 is 1. The van der Waals surface area contributed by atoms with Gasteiger partial charge in [0, 0.05) is 46.3 Å². The van der Waals surface area contributed by atoms with Crippen LogP contribution in [0, 0.1) is 5.92 Å². The molecule has 2 amide bonds. The van der Waals surface area contributed by atoms with Gasteiger partial charge in [-0.15, -0.1) is 0 Å². The molecule has 1 aliphatic heterocycles. The lowest BCUT2D eigenvalue weighted by molar-refractivity contribution is -0.139. The first kappa shape index (κ1) is 30.4. The zero-order valence-corrected chi connectivity index (χ0v) is 24.7. The van der Waals surface area contributed by atoms with Crippen LogP contribution in [0.15, 0.2) is 42.0 Å². The van der Waals surface area contributed by atoms with Crippen molar-refractivity contribution >= 4 is 41.3 Å². The second kappa shape index (κ2) is 13.0. The fraction of sp³-hybridized carbons (Fsp3) is 0.452. The SMILES string of the molecule is COc1cc(C=O)cc2c1O[C@@H]1[C@@H](O)[C@H](N(Cc3ccc(Cl)cc3Cl)C(=O)CC3CCCC3)C=C(C(=O)NCCO)[C@H]21. The smallest absolute Gasteiger partial charge is 0.247 e. The average molecular weight is 618 g/mol. The van der Waals surface area contributed by atoms with Gasteiger partial charge in [-0.05, 0) is 54.7 Å². The zero-order valence-electron chi connectivity index (χ0n) is 23.2. The molecule has 0 spiro atoms. The number of rotatable bonds is 10. The molecule has 0 saturated heterocycles. The van der Waals surface area contributed by atoms with Crippen molar-refractivity contribution in [3.63, 3.8) is 0 Å². The Morgan fingerprint density at radius 3 is 2.62 bits per heavy atom. The molecule has 1 fully saturated rings. The van der Waals surface area contributed by atoms with Crippen LogP contribution >= 0.6 is 23.2 Å². The summed E-state index contributed by atoms with van der Waals surface area (Å²) < 4.78 is 11.8. The molecular weight excluding hydrogens is 583 g/mol.